The summed E-state index contributed by atoms with van der Waals surface area (Å²) in [5.74, 6) is 1.34. The van der Waals surface area contributed by atoms with Gasteiger partial charge >= 0.3 is 0 Å². The van der Waals surface area contributed by atoms with Gasteiger partial charge in [0.25, 0.3) is 5.91 Å². The molecule has 1 unspecified atom stereocenters. The second-order valence-electron chi connectivity index (χ2n) is 6.36. The first-order valence-corrected chi connectivity index (χ1v) is 8.56. The molecule has 3 rings (SSSR count). The zero-order chi connectivity index (χ0) is 19.6. The van der Waals surface area contributed by atoms with Gasteiger partial charge in [-0.3, -0.25) is 4.79 Å². The number of benzene rings is 2. The van der Waals surface area contributed by atoms with E-state index in [2.05, 4.69) is 0 Å². The molecule has 0 aliphatic rings. The molecule has 1 heterocycles. The van der Waals surface area contributed by atoms with Crippen LogP contribution in [0.25, 0.3) is 11.0 Å². The van der Waals surface area contributed by atoms with E-state index in [0.717, 1.165) is 11.3 Å². The summed E-state index contributed by atoms with van der Waals surface area (Å²) >= 11 is 0. The summed E-state index contributed by atoms with van der Waals surface area (Å²) in [6, 6.07) is 12.0. The van der Waals surface area contributed by atoms with Crippen molar-refractivity contribution in [3.05, 3.63) is 59.4 Å². The van der Waals surface area contributed by atoms with Gasteiger partial charge in [0.1, 0.15) is 35.2 Å². The first kappa shape index (κ1) is 18.7. The van der Waals surface area contributed by atoms with E-state index in [0.29, 0.717) is 34.3 Å². The van der Waals surface area contributed by atoms with Crippen LogP contribution in [0.5, 0.6) is 11.5 Å². The number of carbonyl (C=O) groups excluding carboxylic acids is 2. The van der Waals surface area contributed by atoms with E-state index < -0.39 is 18.6 Å². The number of hydrogen-bond acceptors (Lipinski definition) is 5. The van der Waals surface area contributed by atoms with Crippen LogP contribution in [0.15, 0.2) is 46.9 Å². The third-order valence-corrected chi connectivity index (χ3v) is 4.53. The van der Waals surface area contributed by atoms with Crippen molar-refractivity contribution < 1.29 is 23.8 Å². The number of carbonyl (C=O) groups is 2. The Balaban J connectivity index is 2.01. The molecule has 1 atom stereocenters. The minimum Gasteiger partial charge on any atom is -0.461 e. The Morgan fingerprint density at radius 1 is 1.26 bits per heavy atom. The van der Waals surface area contributed by atoms with Gasteiger partial charge in [-0.25, -0.2) is 0 Å². The number of aryl methyl sites for hydroxylation is 2. The monoisotopic (exact) mass is 367 g/mol. The first-order valence-electron chi connectivity index (χ1n) is 8.56. The fraction of sp³-hybridized carbons (Fsp3) is 0.238. The van der Waals surface area contributed by atoms with Gasteiger partial charge in [-0.2, -0.15) is 0 Å². The SMILES string of the molecule is Cc1ccccc1Oc1ccc2oc(C)c(C(=O)N(C)C(C=O)CO)c2c1. The van der Waals surface area contributed by atoms with Crippen molar-refractivity contribution in [1.82, 2.24) is 4.90 Å². The molecule has 0 bridgehead atoms. The maximum absolute atomic E-state index is 12.9. The second-order valence-corrected chi connectivity index (χ2v) is 6.36. The number of aliphatic hydroxyl groups is 1. The Labute approximate surface area is 157 Å². The van der Waals surface area contributed by atoms with Crippen molar-refractivity contribution in [1.29, 1.82) is 0 Å². The van der Waals surface area contributed by atoms with Crippen LogP contribution in [-0.2, 0) is 4.79 Å². The Morgan fingerprint density at radius 3 is 2.67 bits per heavy atom. The molecular weight excluding hydrogens is 346 g/mol. The molecule has 27 heavy (non-hydrogen) atoms. The van der Waals surface area contributed by atoms with Gasteiger partial charge in [0.05, 0.1) is 12.2 Å². The van der Waals surface area contributed by atoms with Crippen LogP contribution in [0.2, 0.25) is 0 Å². The highest BCUT2D eigenvalue weighted by Gasteiger charge is 2.26. The highest BCUT2D eigenvalue weighted by atomic mass is 16.5. The lowest BCUT2D eigenvalue weighted by Crippen LogP contribution is -2.40. The Bertz CT molecular complexity index is 991. The number of fused-ring (bicyclic) bond motifs is 1. The van der Waals surface area contributed by atoms with Gasteiger partial charge in [-0.05, 0) is 43.7 Å². The van der Waals surface area contributed by atoms with E-state index >= 15 is 0 Å². The average molecular weight is 367 g/mol. The number of likely N-dealkylation sites (N-methyl/N-ethyl adjacent to an activating group) is 1. The van der Waals surface area contributed by atoms with E-state index in [-0.39, 0.29) is 0 Å². The standard InChI is InChI=1S/C21H21NO5/c1-13-6-4-5-7-18(13)27-16-8-9-19-17(10-16)20(14(2)26-19)21(25)22(3)15(11-23)12-24/h4-11,15,24H,12H2,1-3H3. The number of para-hydroxylation sites is 1. The molecule has 6 heteroatoms. The van der Waals surface area contributed by atoms with Gasteiger partial charge < -0.3 is 24.0 Å². The first-order chi connectivity index (χ1) is 13.0. The second kappa shape index (κ2) is 7.63. The summed E-state index contributed by atoms with van der Waals surface area (Å²) in [7, 11) is 1.48. The number of ether oxygens (including phenoxy) is 1. The summed E-state index contributed by atoms with van der Waals surface area (Å²) < 4.78 is 11.6. The molecule has 0 fully saturated rings. The van der Waals surface area contributed by atoms with Crippen molar-refractivity contribution in [2.45, 2.75) is 19.9 Å². The molecule has 6 nitrogen and oxygen atoms in total. The van der Waals surface area contributed by atoms with Crippen molar-refractivity contribution in [2.75, 3.05) is 13.7 Å². The molecule has 2 aromatic carbocycles. The molecule has 140 valence electrons. The molecule has 0 saturated carbocycles. The highest BCUT2D eigenvalue weighted by Crippen LogP contribution is 2.32. The highest BCUT2D eigenvalue weighted by molar-refractivity contribution is 6.08. The zero-order valence-electron chi connectivity index (χ0n) is 15.4. The van der Waals surface area contributed by atoms with E-state index in [4.69, 9.17) is 9.15 Å². The fourth-order valence-corrected chi connectivity index (χ4v) is 2.91. The number of nitrogens with zero attached hydrogens (tertiary/aromatic N) is 1. The lowest BCUT2D eigenvalue weighted by molar-refractivity contribution is -0.112. The predicted molar refractivity (Wildman–Crippen MR) is 101 cm³/mol. The number of aliphatic hydroxyl groups excluding tert-OH is 1. The van der Waals surface area contributed by atoms with Crippen LogP contribution in [0.3, 0.4) is 0 Å². The van der Waals surface area contributed by atoms with Crippen molar-refractivity contribution in [3.63, 3.8) is 0 Å². The lowest BCUT2D eigenvalue weighted by Gasteiger charge is -2.21. The van der Waals surface area contributed by atoms with Crippen molar-refractivity contribution in [2.24, 2.45) is 0 Å². The smallest absolute Gasteiger partial charge is 0.258 e. The van der Waals surface area contributed by atoms with Crippen molar-refractivity contribution in [3.8, 4) is 11.5 Å². The zero-order valence-corrected chi connectivity index (χ0v) is 15.4. The molecule has 0 radical (unpaired) electrons. The minimum absolute atomic E-state index is 0.350. The van der Waals surface area contributed by atoms with Gasteiger partial charge in [0.2, 0.25) is 0 Å². The molecule has 0 aliphatic heterocycles. The topological polar surface area (TPSA) is 80.0 Å². The summed E-state index contributed by atoms with van der Waals surface area (Å²) in [6.07, 6.45) is 0.544. The third kappa shape index (κ3) is 3.57. The number of aldehydes is 1. The summed E-state index contributed by atoms with van der Waals surface area (Å²) in [5, 5.41) is 9.89. The molecule has 1 amide bonds. The lowest BCUT2D eigenvalue weighted by atomic mass is 10.1. The largest absolute Gasteiger partial charge is 0.461 e. The van der Waals surface area contributed by atoms with Crippen LogP contribution >= 0.6 is 0 Å². The Morgan fingerprint density at radius 2 is 2.00 bits per heavy atom. The average Bonchev–Trinajstić information content (AvgIpc) is 2.99. The van der Waals surface area contributed by atoms with Gasteiger partial charge in [0, 0.05) is 12.4 Å². The summed E-state index contributed by atoms with van der Waals surface area (Å²) in [6.45, 7) is 3.20. The number of rotatable bonds is 6. The molecule has 1 N–H and O–H groups in total. The van der Waals surface area contributed by atoms with Crippen LogP contribution in [0, 0.1) is 13.8 Å². The predicted octanol–water partition coefficient (Wildman–Crippen LogP) is 3.47. The molecule has 0 spiro atoms. The quantitative estimate of drug-likeness (QED) is 0.675. The summed E-state index contributed by atoms with van der Waals surface area (Å²) in [5.41, 5.74) is 1.89. The number of amides is 1. The maximum atomic E-state index is 12.9. The van der Waals surface area contributed by atoms with Crippen LogP contribution in [-0.4, -0.2) is 41.9 Å². The van der Waals surface area contributed by atoms with Gasteiger partial charge in [0.15, 0.2) is 0 Å². The molecule has 3 aromatic rings. The number of furan rings is 1. The molecule has 0 saturated heterocycles. The number of hydrogen-bond donors (Lipinski definition) is 1. The third-order valence-electron chi connectivity index (χ3n) is 4.53. The van der Waals surface area contributed by atoms with E-state index in [9.17, 15) is 14.7 Å². The molecular formula is C21H21NO5. The van der Waals surface area contributed by atoms with Crippen molar-refractivity contribution >= 4 is 23.2 Å². The van der Waals surface area contributed by atoms with Crippen LogP contribution in [0.1, 0.15) is 21.7 Å². The normalized spacial score (nSPS) is 12.0. The Kier molecular flexibility index (Phi) is 5.28. The molecule has 1 aromatic heterocycles. The Hall–Kier alpha value is -3.12. The summed E-state index contributed by atoms with van der Waals surface area (Å²) in [4.78, 5) is 25.2. The maximum Gasteiger partial charge on any atom is 0.258 e. The van der Waals surface area contributed by atoms with Gasteiger partial charge in [-0.15, -0.1) is 0 Å². The van der Waals surface area contributed by atoms with Crippen LogP contribution in [0.4, 0.5) is 0 Å². The van der Waals surface area contributed by atoms with E-state index in [1.807, 2.05) is 31.2 Å². The van der Waals surface area contributed by atoms with E-state index in [1.165, 1.54) is 11.9 Å². The van der Waals surface area contributed by atoms with Crippen LogP contribution < -0.4 is 4.74 Å². The minimum atomic E-state index is -0.909. The molecule has 0 aliphatic carbocycles. The van der Waals surface area contributed by atoms with E-state index in [1.54, 1.807) is 25.1 Å². The van der Waals surface area contributed by atoms with Gasteiger partial charge in [-0.1, -0.05) is 18.2 Å². The fourth-order valence-electron chi connectivity index (χ4n) is 2.91.